The molecular weight excluding hydrogens is 644 g/mol. The Morgan fingerprint density at radius 2 is 1.22 bits per heavy atom. The van der Waals surface area contributed by atoms with Gasteiger partial charge in [0.25, 0.3) is 0 Å². The Morgan fingerprint density at radius 1 is 0.674 bits per heavy atom. The molecule has 0 spiro atoms. The second-order valence-electron chi connectivity index (χ2n) is 10.5. The maximum absolute atomic E-state index is 10.6. The van der Waals surface area contributed by atoms with E-state index in [2.05, 4.69) is 0 Å². The first-order valence-electron chi connectivity index (χ1n) is 13.6. The minimum Gasteiger partial charge on any atom is -1.00 e. The fourth-order valence-corrected chi connectivity index (χ4v) is 5.02. The summed E-state index contributed by atoms with van der Waals surface area (Å²) < 4.78 is 33.6. The van der Waals surface area contributed by atoms with Crippen molar-refractivity contribution in [1.29, 1.82) is 0 Å². The summed E-state index contributed by atoms with van der Waals surface area (Å²) in [5.74, 6) is -2.52. The van der Waals surface area contributed by atoms with Gasteiger partial charge >= 0.3 is 11.3 Å². The number of fused-ring (bicyclic) bond motifs is 1. The van der Waals surface area contributed by atoms with Crippen LogP contribution in [0.5, 0.6) is 34.5 Å². The Labute approximate surface area is 265 Å². The highest BCUT2D eigenvalue weighted by Crippen LogP contribution is 2.45. The van der Waals surface area contributed by atoms with Crippen LogP contribution in [0.25, 0.3) is 22.3 Å². The molecule has 0 unspecified atom stereocenters. The molecule has 3 aromatic rings. The molecule has 2 aliphatic heterocycles. The van der Waals surface area contributed by atoms with Crippen molar-refractivity contribution in [3.8, 4) is 45.8 Å². The molecule has 0 aliphatic carbocycles. The quantitative estimate of drug-likeness (QED) is 0.0786. The molecule has 1 aromatic heterocycles. The highest BCUT2D eigenvalue weighted by atomic mass is 35.5. The number of methoxy groups -OCH3 is 1. The van der Waals surface area contributed by atoms with E-state index in [1.165, 1.54) is 19.2 Å². The SMILES string of the molecule is COc1cc(-c2[o+]c3cc(O)cc(O[C@@H]4O[C@H](CO)[C@@H](O)[C@H](O)[C@H]4O)c3cc2O[C@@H]2O[C@H](CO)[C@@H](O)[C@H](O)[C@H]2O)cc(O)c1O.[Cl-]. The monoisotopic (exact) mass is 676 g/mol. The molecular formula is C28H33ClO17. The van der Waals surface area contributed by atoms with Crippen LogP contribution in [0.15, 0.2) is 34.7 Å². The van der Waals surface area contributed by atoms with E-state index in [9.17, 15) is 56.2 Å². The van der Waals surface area contributed by atoms with Gasteiger partial charge in [-0.3, -0.25) is 0 Å². The number of ether oxygens (including phenoxy) is 5. The lowest BCUT2D eigenvalue weighted by Crippen LogP contribution is -3.00. The summed E-state index contributed by atoms with van der Waals surface area (Å²) in [4.78, 5) is 0. The number of benzene rings is 2. The van der Waals surface area contributed by atoms with E-state index in [0.29, 0.717) is 0 Å². The zero-order valence-electron chi connectivity index (χ0n) is 23.8. The predicted molar refractivity (Wildman–Crippen MR) is 146 cm³/mol. The van der Waals surface area contributed by atoms with Gasteiger partial charge in [0.1, 0.15) is 65.7 Å². The van der Waals surface area contributed by atoms with Gasteiger partial charge in [0.2, 0.25) is 24.1 Å². The van der Waals surface area contributed by atoms with Crippen LogP contribution in [0.2, 0.25) is 0 Å². The number of phenols is 3. The average molecular weight is 677 g/mol. The standard InChI is InChI=1S/C28H32O17.ClH/c1-40-15-3-9(2-12(32)19(15)33)26-16(43-28-25(39)23(37)21(35)18(8-30)45-28)6-11-13(41-26)4-10(31)5-14(11)42-27-24(38)22(36)20(34)17(7-29)44-27;/h2-6,17-18,20-25,27-30,34-39H,7-8H2,1H3,(H2-,31,32,33);1H/t17-,18-,20-,21-,22+,23+,24-,25-,27-,28-;/m1./s1. The van der Waals surface area contributed by atoms with Crippen molar-refractivity contribution in [1.82, 2.24) is 0 Å². The van der Waals surface area contributed by atoms with Crippen LogP contribution in [0, 0.1) is 0 Å². The molecule has 10 atom stereocenters. The number of hydrogen-bond donors (Lipinski definition) is 11. The Hall–Kier alpha value is -3.46. The fourth-order valence-electron chi connectivity index (χ4n) is 5.02. The lowest BCUT2D eigenvalue weighted by molar-refractivity contribution is -0.277. The number of aromatic hydroxyl groups is 3. The van der Waals surface area contributed by atoms with Gasteiger partial charge in [-0.05, 0) is 0 Å². The molecule has 46 heavy (non-hydrogen) atoms. The third-order valence-corrected chi connectivity index (χ3v) is 7.52. The fraction of sp³-hybridized carbons (Fsp3) is 0.464. The van der Waals surface area contributed by atoms with Crippen molar-refractivity contribution in [2.24, 2.45) is 0 Å². The third kappa shape index (κ3) is 6.53. The van der Waals surface area contributed by atoms with E-state index >= 15 is 0 Å². The molecule has 17 nitrogen and oxygen atoms in total. The number of hydrogen-bond acceptors (Lipinski definition) is 16. The van der Waals surface area contributed by atoms with E-state index in [4.69, 9.17) is 28.1 Å². The van der Waals surface area contributed by atoms with Gasteiger partial charge in [0, 0.05) is 24.3 Å². The van der Waals surface area contributed by atoms with Gasteiger partial charge in [-0.1, -0.05) is 0 Å². The van der Waals surface area contributed by atoms with Crippen LogP contribution in [0.1, 0.15) is 0 Å². The molecule has 0 radical (unpaired) electrons. The first kappa shape index (κ1) is 35.4. The van der Waals surface area contributed by atoms with Crippen molar-refractivity contribution in [2.45, 2.75) is 61.4 Å². The molecule has 254 valence electrons. The van der Waals surface area contributed by atoms with Crippen LogP contribution >= 0.6 is 0 Å². The summed E-state index contributed by atoms with van der Waals surface area (Å²) in [5.41, 5.74) is -0.0688. The van der Waals surface area contributed by atoms with E-state index in [0.717, 1.165) is 18.2 Å². The molecule has 11 N–H and O–H groups in total. The topological polar surface area (TPSA) is 280 Å². The van der Waals surface area contributed by atoms with Crippen LogP contribution in [0.4, 0.5) is 0 Å². The number of phenolic OH excluding ortho intramolecular Hbond substituents is 3. The highest BCUT2D eigenvalue weighted by molar-refractivity contribution is 5.89. The molecule has 5 rings (SSSR count). The van der Waals surface area contributed by atoms with Crippen LogP contribution in [-0.4, -0.2) is 138 Å². The Bertz CT molecular complexity index is 1520. The van der Waals surface area contributed by atoms with Crippen molar-refractivity contribution in [3.63, 3.8) is 0 Å². The highest BCUT2D eigenvalue weighted by Gasteiger charge is 2.47. The average Bonchev–Trinajstić information content (AvgIpc) is 3.02. The maximum atomic E-state index is 10.6. The lowest BCUT2D eigenvalue weighted by atomic mass is 9.99. The van der Waals surface area contributed by atoms with Gasteiger partial charge in [0.05, 0.1) is 32.0 Å². The molecule has 3 heterocycles. The van der Waals surface area contributed by atoms with Gasteiger partial charge in [0.15, 0.2) is 11.5 Å². The van der Waals surface area contributed by atoms with Gasteiger partial charge in [-0.25, -0.2) is 4.42 Å². The van der Waals surface area contributed by atoms with E-state index in [1.807, 2.05) is 0 Å². The van der Waals surface area contributed by atoms with Gasteiger partial charge < -0.3 is 92.3 Å². The third-order valence-electron chi connectivity index (χ3n) is 7.52. The second-order valence-corrected chi connectivity index (χ2v) is 10.5. The van der Waals surface area contributed by atoms with Crippen LogP contribution in [-0.2, 0) is 9.47 Å². The molecule has 0 bridgehead atoms. The van der Waals surface area contributed by atoms with Crippen LogP contribution < -0.4 is 26.6 Å². The summed E-state index contributed by atoms with van der Waals surface area (Å²) in [6.07, 6.45) is -16.6. The van der Waals surface area contributed by atoms with Crippen molar-refractivity contribution < 1.29 is 96.7 Å². The second kappa shape index (κ2) is 14.1. The molecule has 2 fully saturated rings. The predicted octanol–water partition coefficient (Wildman–Crippen LogP) is -5.13. The van der Waals surface area contributed by atoms with E-state index in [1.54, 1.807) is 0 Å². The van der Waals surface area contributed by atoms with Crippen molar-refractivity contribution >= 4 is 11.0 Å². The normalized spacial score (nSPS) is 31.2. The molecule has 0 amide bonds. The molecule has 18 heteroatoms. The number of aliphatic hydroxyl groups excluding tert-OH is 8. The lowest BCUT2D eigenvalue weighted by Gasteiger charge is -2.39. The number of rotatable bonds is 8. The number of aliphatic hydroxyl groups is 8. The van der Waals surface area contributed by atoms with Crippen molar-refractivity contribution in [3.05, 3.63) is 30.3 Å². The summed E-state index contributed by atoms with van der Waals surface area (Å²) in [6, 6.07) is 5.84. The summed E-state index contributed by atoms with van der Waals surface area (Å²) in [5, 5.41) is 112. The zero-order chi connectivity index (χ0) is 32.7. The first-order valence-corrected chi connectivity index (χ1v) is 13.6. The molecule has 2 aliphatic rings. The maximum Gasteiger partial charge on any atom is 0.402 e. The smallest absolute Gasteiger partial charge is 0.402 e. The largest absolute Gasteiger partial charge is 1.00 e. The first-order chi connectivity index (χ1) is 21.4. The van der Waals surface area contributed by atoms with Crippen LogP contribution in [0.3, 0.4) is 0 Å². The molecule has 0 saturated carbocycles. The molecule has 2 aromatic carbocycles. The Kier molecular flexibility index (Phi) is 10.9. The van der Waals surface area contributed by atoms with Gasteiger partial charge in [-0.2, -0.15) is 0 Å². The molecule has 2 saturated heterocycles. The Morgan fingerprint density at radius 3 is 1.74 bits per heavy atom. The van der Waals surface area contributed by atoms with E-state index in [-0.39, 0.29) is 51.9 Å². The van der Waals surface area contributed by atoms with E-state index < -0.39 is 91.9 Å². The Balaban J connectivity index is 0.00000480. The summed E-state index contributed by atoms with van der Waals surface area (Å²) in [6.45, 7) is -1.48. The minimum absolute atomic E-state index is 0. The zero-order valence-corrected chi connectivity index (χ0v) is 24.6. The van der Waals surface area contributed by atoms with Crippen molar-refractivity contribution in [2.75, 3.05) is 20.3 Å². The van der Waals surface area contributed by atoms with Gasteiger partial charge in [-0.15, -0.1) is 0 Å². The minimum atomic E-state index is -1.85. The number of halogens is 1. The summed E-state index contributed by atoms with van der Waals surface area (Å²) >= 11 is 0. The summed E-state index contributed by atoms with van der Waals surface area (Å²) in [7, 11) is 1.22.